The summed E-state index contributed by atoms with van der Waals surface area (Å²) >= 11 is 0. The molecule has 2 aliphatic rings. The van der Waals surface area contributed by atoms with Crippen molar-refractivity contribution in [1.29, 1.82) is 0 Å². The maximum absolute atomic E-state index is 12.9. The second-order valence-electron chi connectivity index (χ2n) is 9.27. The van der Waals surface area contributed by atoms with Crippen molar-refractivity contribution in [3.05, 3.63) is 71.9 Å². The van der Waals surface area contributed by atoms with Crippen LogP contribution in [-0.2, 0) is 6.42 Å². The first-order valence-electron chi connectivity index (χ1n) is 12.7. The minimum absolute atomic E-state index is 0.0620. The fourth-order valence-corrected chi connectivity index (χ4v) is 4.84. The van der Waals surface area contributed by atoms with Crippen LogP contribution in [-0.4, -0.2) is 72.5 Å². The number of aliphatic hydroxyl groups is 1. The topological polar surface area (TPSA) is 94.2 Å². The third-order valence-electron chi connectivity index (χ3n) is 6.85. The summed E-state index contributed by atoms with van der Waals surface area (Å²) in [5.41, 5.74) is 4.89. The van der Waals surface area contributed by atoms with E-state index in [1.54, 1.807) is 0 Å². The molecule has 3 heterocycles. The first kappa shape index (κ1) is 24.2. The number of furan rings is 1. The van der Waals surface area contributed by atoms with Crippen LogP contribution in [0.3, 0.4) is 0 Å². The first-order chi connectivity index (χ1) is 17.7. The molecule has 0 unspecified atom stereocenters. The van der Waals surface area contributed by atoms with E-state index in [4.69, 9.17) is 9.52 Å². The van der Waals surface area contributed by atoms with Crippen molar-refractivity contribution in [3.8, 4) is 0 Å². The van der Waals surface area contributed by atoms with Crippen LogP contribution in [0.2, 0.25) is 0 Å². The molecule has 36 heavy (non-hydrogen) atoms. The van der Waals surface area contributed by atoms with Crippen LogP contribution in [0.5, 0.6) is 0 Å². The number of carbonyl (C=O) groups excluding carboxylic acids is 1. The third kappa shape index (κ3) is 5.83. The predicted octanol–water partition coefficient (Wildman–Crippen LogP) is 3.42. The minimum Gasteiger partial charge on any atom is -0.449 e. The lowest BCUT2D eigenvalue weighted by molar-refractivity contribution is 0.0939. The fourth-order valence-electron chi connectivity index (χ4n) is 4.84. The lowest BCUT2D eigenvalue weighted by atomic mass is 10.0. The number of piperazine rings is 1. The van der Waals surface area contributed by atoms with Crippen LogP contribution in [0.1, 0.15) is 35.5 Å². The maximum Gasteiger partial charge on any atom is 0.291 e. The molecule has 1 fully saturated rings. The molecule has 8 nitrogen and oxygen atoms in total. The summed E-state index contributed by atoms with van der Waals surface area (Å²) in [5, 5.41) is 12.9. The van der Waals surface area contributed by atoms with Gasteiger partial charge in [0.25, 0.3) is 5.91 Å². The standard InChI is InChI=1S/C28H33N5O3/c34-19-13-30-23-7-9-24(10-8-23)31-28(35)26-20-21-4-3-6-25(27(21)36-26)33-17-15-32(16-18-33)14-11-22-5-1-2-12-29-22/h1-6,9,12,20,34H,7-8,10-11,13-19H2,(H,31,35). The molecule has 0 spiro atoms. The number of hydrogen-bond acceptors (Lipinski definition) is 7. The summed E-state index contributed by atoms with van der Waals surface area (Å²) in [6.45, 7) is 5.29. The van der Waals surface area contributed by atoms with E-state index >= 15 is 0 Å². The number of pyridine rings is 1. The highest BCUT2D eigenvalue weighted by Gasteiger charge is 2.22. The van der Waals surface area contributed by atoms with Crippen LogP contribution < -0.4 is 10.2 Å². The van der Waals surface area contributed by atoms with Gasteiger partial charge in [-0.1, -0.05) is 24.3 Å². The molecule has 2 aromatic heterocycles. The van der Waals surface area contributed by atoms with E-state index < -0.39 is 0 Å². The Labute approximate surface area is 211 Å². The van der Waals surface area contributed by atoms with Gasteiger partial charge in [0.1, 0.15) is 0 Å². The molecule has 2 N–H and O–H groups in total. The van der Waals surface area contributed by atoms with Gasteiger partial charge in [-0.2, -0.15) is 0 Å². The van der Waals surface area contributed by atoms with Crippen LogP contribution in [0.25, 0.3) is 11.0 Å². The molecule has 0 radical (unpaired) electrons. The molecule has 5 rings (SSSR count). The molecule has 1 amide bonds. The monoisotopic (exact) mass is 487 g/mol. The Balaban J connectivity index is 1.20. The number of aromatic nitrogens is 1. The number of aliphatic hydroxyl groups excluding tert-OH is 1. The van der Waals surface area contributed by atoms with Crippen molar-refractivity contribution in [1.82, 2.24) is 15.2 Å². The summed E-state index contributed by atoms with van der Waals surface area (Å²) in [4.78, 5) is 26.5. The average Bonchev–Trinajstić information content (AvgIpc) is 3.37. The van der Waals surface area contributed by atoms with Crippen LogP contribution in [0.15, 0.2) is 69.8 Å². The van der Waals surface area contributed by atoms with Crippen LogP contribution in [0, 0.1) is 0 Å². The van der Waals surface area contributed by atoms with Gasteiger partial charge >= 0.3 is 0 Å². The Morgan fingerprint density at radius 1 is 1.11 bits per heavy atom. The van der Waals surface area contributed by atoms with Gasteiger partial charge in [0, 0.05) is 74.3 Å². The molecule has 0 bridgehead atoms. The molecule has 3 aromatic rings. The van der Waals surface area contributed by atoms with E-state index in [1.807, 2.05) is 42.6 Å². The largest absolute Gasteiger partial charge is 0.449 e. The molecule has 0 atom stereocenters. The highest BCUT2D eigenvalue weighted by atomic mass is 16.3. The average molecular weight is 488 g/mol. The normalized spacial score (nSPS) is 18.0. The van der Waals surface area contributed by atoms with Gasteiger partial charge < -0.3 is 19.7 Å². The number of carbonyl (C=O) groups is 1. The number of benzene rings is 1. The van der Waals surface area contributed by atoms with E-state index in [1.165, 1.54) is 0 Å². The second kappa shape index (κ2) is 11.5. The van der Waals surface area contributed by atoms with Gasteiger partial charge in [0.05, 0.1) is 18.8 Å². The van der Waals surface area contributed by atoms with Gasteiger partial charge in [0.15, 0.2) is 11.3 Å². The molecule has 1 aliphatic carbocycles. The van der Waals surface area contributed by atoms with Crippen LogP contribution in [0.4, 0.5) is 5.69 Å². The highest BCUT2D eigenvalue weighted by molar-refractivity contribution is 6.00. The number of amides is 1. The Kier molecular flexibility index (Phi) is 7.73. The van der Waals surface area contributed by atoms with Gasteiger partial charge in [-0.05, 0) is 37.1 Å². The lowest BCUT2D eigenvalue weighted by Crippen LogP contribution is -2.47. The number of para-hydroxylation sites is 1. The fraction of sp³-hybridized carbons (Fsp3) is 0.393. The molecule has 8 heteroatoms. The van der Waals surface area contributed by atoms with E-state index in [-0.39, 0.29) is 12.5 Å². The van der Waals surface area contributed by atoms with Crippen molar-refractivity contribution in [2.45, 2.75) is 25.7 Å². The molecular weight excluding hydrogens is 454 g/mol. The van der Waals surface area contributed by atoms with Gasteiger partial charge in [-0.15, -0.1) is 0 Å². The zero-order valence-corrected chi connectivity index (χ0v) is 20.5. The molecule has 1 saturated heterocycles. The summed E-state index contributed by atoms with van der Waals surface area (Å²) in [5.74, 6) is 0.102. The van der Waals surface area contributed by atoms with E-state index in [0.717, 1.165) is 85.7 Å². The number of fused-ring (bicyclic) bond motifs is 1. The van der Waals surface area contributed by atoms with Crippen molar-refractivity contribution in [3.63, 3.8) is 0 Å². The summed E-state index contributed by atoms with van der Waals surface area (Å²) in [7, 11) is 0. The number of nitrogens with one attached hydrogen (secondary N) is 1. The molecular formula is C28H33N5O3. The SMILES string of the molecule is O=C(NC1=CCC(=NCCO)CC1)c1cc2cccc(N3CCN(CCc4ccccn4)CC3)c2o1. The zero-order valence-electron chi connectivity index (χ0n) is 20.5. The number of allylic oxidation sites excluding steroid dienone is 2. The Morgan fingerprint density at radius 2 is 2.00 bits per heavy atom. The Morgan fingerprint density at radius 3 is 2.75 bits per heavy atom. The summed E-state index contributed by atoms with van der Waals surface area (Å²) in [6, 6.07) is 14.0. The Bertz CT molecular complexity index is 1240. The third-order valence-corrected chi connectivity index (χ3v) is 6.85. The highest BCUT2D eigenvalue weighted by Crippen LogP contribution is 2.30. The quantitative estimate of drug-likeness (QED) is 0.506. The van der Waals surface area contributed by atoms with E-state index in [9.17, 15) is 4.79 Å². The van der Waals surface area contributed by atoms with Crippen molar-refractivity contribution >= 4 is 28.3 Å². The minimum atomic E-state index is -0.224. The van der Waals surface area contributed by atoms with Gasteiger partial charge in [-0.25, -0.2) is 0 Å². The zero-order chi connectivity index (χ0) is 24.7. The molecule has 188 valence electrons. The predicted molar refractivity (Wildman–Crippen MR) is 142 cm³/mol. The number of hydrogen-bond donors (Lipinski definition) is 2. The van der Waals surface area contributed by atoms with Crippen molar-refractivity contribution in [2.24, 2.45) is 4.99 Å². The lowest BCUT2D eigenvalue weighted by Gasteiger charge is -2.36. The summed E-state index contributed by atoms with van der Waals surface area (Å²) < 4.78 is 6.11. The Hall–Kier alpha value is -3.49. The number of nitrogens with zero attached hydrogens (tertiary/aromatic N) is 4. The number of aliphatic imine (C=N–C) groups is 1. The second-order valence-corrected chi connectivity index (χ2v) is 9.27. The van der Waals surface area contributed by atoms with Gasteiger partial charge in [-0.3, -0.25) is 19.7 Å². The molecule has 1 aliphatic heterocycles. The van der Waals surface area contributed by atoms with Gasteiger partial charge in [0.2, 0.25) is 0 Å². The van der Waals surface area contributed by atoms with Crippen molar-refractivity contribution in [2.75, 3.05) is 50.8 Å². The van der Waals surface area contributed by atoms with E-state index in [0.29, 0.717) is 18.7 Å². The number of anilines is 1. The van der Waals surface area contributed by atoms with Crippen LogP contribution >= 0.6 is 0 Å². The molecule has 1 aromatic carbocycles. The van der Waals surface area contributed by atoms with Crippen molar-refractivity contribution < 1.29 is 14.3 Å². The number of rotatable bonds is 8. The van der Waals surface area contributed by atoms with E-state index in [2.05, 4.69) is 37.2 Å². The molecule has 0 saturated carbocycles. The summed E-state index contributed by atoms with van der Waals surface area (Å²) in [6.07, 6.45) is 7.03. The smallest absolute Gasteiger partial charge is 0.291 e. The maximum atomic E-state index is 12.9. The first-order valence-corrected chi connectivity index (χ1v) is 12.7.